The van der Waals surface area contributed by atoms with E-state index in [2.05, 4.69) is 10.1 Å². The van der Waals surface area contributed by atoms with Gasteiger partial charge < -0.3 is 24.3 Å². The fourth-order valence-electron chi connectivity index (χ4n) is 2.37. The van der Waals surface area contributed by atoms with Gasteiger partial charge in [-0.1, -0.05) is 24.3 Å². The third kappa shape index (κ3) is 6.84. The fraction of sp³-hybridized carbons (Fsp3) is 0.286. The molecule has 0 spiro atoms. The minimum absolute atomic E-state index is 0.0352. The van der Waals surface area contributed by atoms with Crippen LogP contribution in [0.3, 0.4) is 0 Å². The quantitative estimate of drug-likeness (QED) is 0.611. The summed E-state index contributed by atoms with van der Waals surface area (Å²) in [5, 5.41) is 2.52. The number of ether oxygens (including phenoxy) is 4. The van der Waals surface area contributed by atoms with Crippen molar-refractivity contribution < 1.29 is 33.3 Å². The third-order valence-electron chi connectivity index (χ3n) is 3.68. The topological polar surface area (TPSA) is 100 Å². The van der Waals surface area contributed by atoms with Crippen LogP contribution in [0.5, 0.6) is 11.5 Å². The Morgan fingerprint density at radius 3 is 2.28 bits per heavy atom. The number of benzene rings is 2. The monoisotopic (exact) mass is 401 g/mol. The summed E-state index contributed by atoms with van der Waals surface area (Å²) in [6.07, 6.45) is -0.0352. The Kier molecular flexibility index (Phi) is 8.50. The normalized spacial score (nSPS) is 10.0. The molecule has 8 nitrogen and oxygen atoms in total. The van der Waals surface area contributed by atoms with Crippen LogP contribution in [0.2, 0.25) is 0 Å². The van der Waals surface area contributed by atoms with Gasteiger partial charge >= 0.3 is 11.9 Å². The van der Waals surface area contributed by atoms with E-state index < -0.39 is 24.5 Å². The maximum atomic E-state index is 12.0. The highest BCUT2D eigenvalue weighted by molar-refractivity contribution is 6.01. The van der Waals surface area contributed by atoms with Crippen LogP contribution in [0.4, 0.5) is 5.69 Å². The largest absolute Gasteiger partial charge is 0.490 e. The number of amides is 1. The Bertz CT molecular complexity index is 850. The second kappa shape index (κ2) is 11.3. The van der Waals surface area contributed by atoms with Gasteiger partial charge in [0, 0.05) is 0 Å². The van der Waals surface area contributed by atoms with Crippen molar-refractivity contribution in [3.05, 3.63) is 54.1 Å². The lowest BCUT2D eigenvalue weighted by Crippen LogP contribution is -2.22. The molecule has 2 aromatic rings. The van der Waals surface area contributed by atoms with Gasteiger partial charge in [0.2, 0.25) is 0 Å². The minimum atomic E-state index is -0.588. The van der Waals surface area contributed by atoms with Crippen LogP contribution >= 0.6 is 0 Å². The molecule has 2 rings (SSSR count). The zero-order chi connectivity index (χ0) is 21.1. The highest BCUT2D eigenvalue weighted by atomic mass is 16.5. The van der Waals surface area contributed by atoms with Gasteiger partial charge in [-0.3, -0.25) is 9.59 Å². The SMILES string of the molecule is CCOc1ccccc1OCCC(=O)OCC(=O)Nc1ccccc1C(=O)OC. The van der Waals surface area contributed by atoms with Crippen LogP contribution in [-0.2, 0) is 19.1 Å². The summed E-state index contributed by atoms with van der Waals surface area (Å²) in [7, 11) is 1.25. The number of rotatable bonds is 10. The van der Waals surface area contributed by atoms with Gasteiger partial charge in [-0.25, -0.2) is 4.79 Å². The van der Waals surface area contributed by atoms with E-state index >= 15 is 0 Å². The van der Waals surface area contributed by atoms with E-state index in [0.717, 1.165) is 0 Å². The Morgan fingerprint density at radius 1 is 0.931 bits per heavy atom. The van der Waals surface area contributed by atoms with Crippen molar-refractivity contribution in [1.82, 2.24) is 0 Å². The van der Waals surface area contributed by atoms with Crippen molar-refractivity contribution in [2.24, 2.45) is 0 Å². The van der Waals surface area contributed by atoms with E-state index in [9.17, 15) is 14.4 Å². The number of carbonyl (C=O) groups is 3. The van der Waals surface area contributed by atoms with E-state index in [1.165, 1.54) is 13.2 Å². The van der Waals surface area contributed by atoms with Gasteiger partial charge in [0.25, 0.3) is 5.91 Å². The summed E-state index contributed by atoms with van der Waals surface area (Å²) >= 11 is 0. The summed E-state index contributed by atoms with van der Waals surface area (Å²) in [5.74, 6) is -0.624. The Balaban J connectivity index is 1.77. The molecule has 0 unspecified atom stereocenters. The zero-order valence-electron chi connectivity index (χ0n) is 16.3. The molecule has 1 amide bonds. The molecule has 154 valence electrons. The van der Waals surface area contributed by atoms with Gasteiger partial charge in [-0.15, -0.1) is 0 Å². The molecule has 0 saturated carbocycles. The first-order valence-corrected chi connectivity index (χ1v) is 9.02. The first kappa shape index (κ1) is 21.7. The number of hydrogen-bond donors (Lipinski definition) is 1. The molecule has 29 heavy (non-hydrogen) atoms. The number of methoxy groups -OCH3 is 1. The molecule has 0 atom stereocenters. The summed E-state index contributed by atoms with van der Waals surface area (Å²) < 4.78 is 20.6. The van der Waals surface area contributed by atoms with Gasteiger partial charge in [-0.05, 0) is 31.2 Å². The molecular formula is C21H23NO7. The van der Waals surface area contributed by atoms with Gasteiger partial charge in [0.15, 0.2) is 18.1 Å². The Morgan fingerprint density at radius 2 is 1.59 bits per heavy atom. The number of nitrogens with one attached hydrogen (secondary N) is 1. The van der Waals surface area contributed by atoms with Gasteiger partial charge in [-0.2, -0.15) is 0 Å². The van der Waals surface area contributed by atoms with Crippen LogP contribution in [0.15, 0.2) is 48.5 Å². The predicted molar refractivity (Wildman–Crippen MR) is 105 cm³/mol. The van der Waals surface area contributed by atoms with Gasteiger partial charge in [0.05, 0.1) is 38.0 Å². The van der Waals surface area contributed by atoms with Crippen LogP contribution in [0.25, 0.3) is 0 Å². The maximum absolute atomic E-state index is 12.0. The molecular weight excluding hydrogens is 378 g/mol. The third-order valence-corrected chi connectivity index (χ3v) is 3.68. The van der Waals surface area contributed by atoms with Crippen LogP contribution in [-0.4, -0.2) is 44.8 Å². The predicted octanol–water partition coefficient (Wildman–Crippen LogP) is 2.82. The second-order valence-corrected chi connectivity index (χ2v) is 5.72. The Hall–Kier alpha value is -3.55. The van der Waals surface area contributed by atoms with E-state index in [1.807, 2.05) is 13.0 Å². The van der Waals surface area contributed by atoms with E-state index in [0.29, 0.717) is 18.1 Å². The van der Waals surface area contributed by atoms with E-state index in [-0.39, 0.29) is 24.3 Å². The fourth-order valence-corrected chi connectivity index (χ4v) is 2.37. The van der Waals surface area contributed by atoms with Crippen LogP contribution in [0.1, 0.15) is 23.7 Å². The maximum Gasteiger partial charge on any atom is 0.339 e. The lowest BCUT2D eigenvalue weighted by molar-refractivity contribution is -0.147. The summed E-state index contributed by atoms with van der Waals surface area (Å²) in [4.78, 5) is 35.5. The summed E-state index contributed by atoms with van der Waals surface area (Å²) in [5.41, 5.74) is 0.479. The molecule has 0 bridgehead atoms. The first-order chi connectivity index (χ1) is 14.0. The minimum Gasteiger partial charge on any atom is -0.490 e. The molecule has 0 aliphatic heterocycles. The van der Waals surface area contributed by atoms with Crippen molar-refractivity contribution in [2.45, 2.75) is 13.3 Å². The Labute approximate surface area is 168 Å². The lowest BCUT2D eigenvalue weighted by Gasteiger charge is -2.12. The molecule has 0 aliphatic carbocycles. The molecule has 1 N–H and O–H groups in total. The van der Waals surface area contributed by atoms with Crippen molar-refractivity contribution >= 4 is 23.5 Å². The number of esters is 2. The average Bonchev–Trinajstić information content (AvgIpc) is 2.73. The highest BCUT2D eigenvalue weighted by Crippen LogP contribution is 2.26. The van der Waals surface area contributed by atoms with Crippen molar-refractivity contribution in [1.29, 1.82) is 0 Å². The molecule has 2 aromatic carbocycles. The molecule has 0 saturated heterocycles. The first-order valence-electron chi connectivity index (χ1n) is 9.02. The number of para-hydroxylation sites is 3. The number of hydrogen-bond acceptors (Lipinski definition) is 7. The summed E-state index contributed by atoms with van der Waals surface area (Å²) in [6, 6.07) is 13.5. The highest BCUT2D eigenvalue weighted by Gasteiger charge is 2.14. The van der Waals surface area contributed by atoms with Gasteiger partial charge in [0.1, 0.15) is 0 Å². The molecule has 8 heteroatoms. The van der Waals surface area contributed by atoms with Crippen LogP contribution < -0.4 is 14.8 Å². The van der Waals surface area contributed by atoms with Crippen LogP contribution in [0, 0.1) is 0 Å². The molecule has 0 fully saturated rings. The zero-order valence-corrected chi connectivity index (χ0v) is 16.3. The number of anilines is 1. The summed E-state index contributed by atoms with van der Waals surface area (Å²) in [6.45, 7) is 1.96. The molecule has 0 aromatic heterocycles. The van der Waals surface area contributed by atoms with Crippen molar-refractivity contribution in [3.8, 4) is 11.5 Å². The number of carbonyl (C=O) groups excluding carboxylic acids is 3. The van der Waals surface area contributed by atoms with Crippen molar-refractivity contribution in [2.75, 3.05) is 32.2 Å². The van der Waals surface area contributed by atoms with E-state index in [4.69, 9.17) is 14.2 Å². The molecule has 0 aliphatic rings. The standard InChI is InChI=1S/C21H23NO7/c1-3-27-17-10-6-7-11-18(17)28-13-12-20(24)29-14-19(23)22-16-9-5-4-8-15(16)21(25)26-2/h4-11H,3,12-14H2,1-2H3,(H,22,23). The second-order valence-electron chi connectivity index (χ2n) is 5.72. The lowest BCUT2D eigenvalue weighted by atomic mass is 10.2. The molecule has 0 radical (unpaired) electrons. The average molecular weight is 401 g/mol. The van der Waals surface area contributed by atoms with Crippen molar-refractivity contribution in [3.63, 3.8) is 0 Å². The van der Waals surface area contributed by atoms with E-state index in [1.54, 1.807) is 36.4 Å². The molecule has 0 heterocycles. The smallest absolute Gasteiger partial charge is 0.339 e.